The lowest BCUT2D eigenvalue weighted by molar-refractivity contribution is 0.0429. The van der Waals surface area contributed by atoms with E-state index in [-0.39, 0.29) is 35.0 Å². The van der Waals surface area contributed by atoms with Crippen molar-refractivity contribution in [3.63, 3.8) is 0 Å². The number of nitrogens with one attached hydrogen (secondary N) is 1. The molecule has 8 heteroatoms. The van der Waals surface area contributed by atoms with Gasteiger partial charge in [-0.3, -0.25) is 4.79 Å². The van der Waals surface area contributed by atoms with Gasteiger partial charge in [-0.1, -0.05) is 11.6 Å². The Morgan fingerprint density at radius 1 is 1.44 bits per heavy atom. The molecule has 7 nitrogen and oxygen atoms in total. The molecule has 1 saturated carbocycles. The maximum absolute atomic E-state index is 13.7. The Labute approximate surface area is 157 Å². The molecule has 27 heavy (non-hydrogen) atoms. The Kier molecular flexibility index (Phi) is 5.36. The zero-order chi connectivity index (χ0) is 19.6. The first-order valence-corrected chi connectivity index (χ1v) is 8.81. The van der Waals surface area contributed by atoms with Crippen LogP contribution in [0.25, 0.3) is 11.3 Å². The van der Waals surface area contributed by atoms with Gasteiger partial charge in [0.25, 0.3) is 5.91 Å². The third-order valence-corrected chi connectivity index (χ3v) is 5.11. The normalized spacial score (nSPS) is 15.1. The Morgan fingerprint density at radius 2 is 2.19 bits per heavy atom. The molecule has 1 aromatic carbocycles. The van der Waals surface area contributed by atoms with Crippen LogP contribution in [0.3, 0.4) is 0 Å². The summed E-state index contributed by atoms with van der Waals surface area (Å²) in [7, 11) is 4.88. The summed E-state index contributed by atoms with van der Waals surface area (Å²) >= 11 is 0. The highest BCUT2D eigenvalue weighted by atomic mass is 19.1. The minimum Gasteiger partial charge on any atom is -0.494 e. The SMILES string of the molecule is COc1cc(-c2onc(N(C)C)c2C(=O)NCC2(CO)CCC2)ccc1F. The lowest BCUT2D eigenvalue weighted by Gasteiger charge is -2.40. The van der Waals surface area contributed by atoms with Gasteiger partial charge in [-0.15, -0.1) is 0 Å². The van der Waals surface area contributed by atoms with Crippen LogP contribution in [0.5, 0.6) is 5.75 Å². The first-order valence-electron chi connectivity index (χ1n) is 8.81. The molecule has 3 rings (SSSR count). The fourth-order valence-corrected chi connectivity index (χ4v) is 3.21. The van der Waals surface area contributed by atoms with E-state index < -0.39 is 5.82 Å². The second kappa shape index (κ2) is 7.56. The number of carbonyl (C=O) groups is 1. The number of hydrogen-bond donors (Lipinski definition) is 2. The van der Waals surface area contributed by atoms with E-state index in [2.05, 4.69) is 10.5 Å². The fourth-order valence-electron chi connectivity index (χ4n) is 3.21. The first-order chi connectivity index (χ1) is 12.9. The Balaban J connectivity index is 1.93. The molecule has 1 fully saturated rings. The Hall–Kier alpha value is -2.61. The van der Waals surface area contributed by atoms with Crippen molar-refractivity contribution in [2.75, 3.05) is 39.3 Å². The van der Waals surface area contributed by atoms with Crippen LogP contribution in [0.15, 0.2) is 22.7 Å². The Morgan fingerprint density at radius 3 is 2.74 bits per heavy atom. The number of carbonyl (C=O) groups excluding carboxylic acids is 1. The lowest BCUT2D eigenvalue weighted by atomic mass is 9.69. The van der Waals surface area contributed by atoms with E-state index in [0.717, 1.165) is 19.3 Å². The van der Waals surface area contributed by atoms with Crippen LogP contribution in [0.4, 0.5) is 10.2 Å². The molecule has 0 spiro atoms. The van der Waals surface area contributed by atoms with Crippen LogP contribution < -0.4 is 15.0 Å². The topological polar surface area (TPSA) is 87.8 Å². The average molecular weight is 377 g/mol. The van der Waals surface area contributed by atoms with Gasteiger partial charge in [-0.05, 0) is 31.0 Å². The number of aliphatic hydroxyl groups is 1. The van der Waals surface area contributed by atoms with E-state index in [1.807, 2.05) is 0 Å². The molecule has 2 aromatic rings. The molecule has 1 aromatic heterocycles. The van der Waals surface area contributed by atoms with Crippen LogP contribution in [-0.2, 0) is 0 Å². The zero-order valence-corrected chi connectivity index (χ0v) is 15.7. The van der Waals surface area contributed by atoms with Crippen molar-refractivity contribution in [2.45, 2.75) is 19.3 Å². The largest absolute Gasteiger partial charge is 0.494 e. The number of hydrogen-bond acceptors (Lipinski definition) is 6. The molecule has 1 heterocycles. The predicted molar refractivity (Wildman–Crippen MR) is 98.5 cm³/mol. The van der Waals surface area contributed by atoms with E-state index in [1.54, 1.807) is 19.0 Å². The highest BCUT2D eigenvalue weighted by Gasteiger charge is 2.37. The summed E-state index contributed by atoms with van der Waals surface area (Å²) in [6.07, 6.45) is 2.82. The standard InChI is InChI=1S/C19H24FN3O4/c1-23(2)17-15(18(25)21-10-19(11-24)7-4-8-19)16(27-22-17)12-5-6-13(20)14(9-12)26-3/h5-6,9,24H,4,7-8,10-11H2,1-3H3,(H,21,25). The van der Waals surface area contributed by atoms with Crippen molar-refractivity contribution in [2.24, 2.45) is 5.41 Å². The molecule has 0 aliphatic heterocycles. The van der Waals surface area contributed by atoms with Gasteiger partial charge in [0.1, 0.15) is 5.56 Å². The van der Waals surface area contributed by atoms with Crippen molar-refractivity contribution >= 4 is 11.7 Å². The highest BCUT2D eigenvalue weighted by molar-refractivity contribution is 6.04. The number of anilines is 1. The summed E-state index contributed by atoms with van der Waals surface area (Å²) in [5.74, 6) is -0.193. The number of nitrogens with zero attached hydrogens (tertiary/aromatic N) is 2. The van der Waals surface area contributed by atoms with Gasteiger partial charge in [-0.25, -0.2) is 4.39 Å². The van der Waals surface area contributed by atoms with Crippen LogP contribution in [-0.4, -0.2) is 50.5 Å². The first kappa shape index (κ1) is 19.2. The smallest absolute Gasteiger partial charge is 0.259 e. The number of aliphatic hydroxyl groups excluding tert-OH is 1. The maximum Gasteiger partial charge on any atom is 0.259 e. The number of methoxy groups -OCH3 is 1. The van der Waals surface area contributed by atoms with E-state index in [1.165, 1.54) is 25.3 Å². The van der Waals surface area contributed by atoms with Crippen molar-refractivity contribution in [1.82, 2.24) is 10.5 Å². The van der Waals surface area contributed by atoms with Crippen molar-refractivity contribution in [3.8, 4) is 17.1 Å². The van der Waals surface area contributed by atoms with Gasteiger partial charge < -0.3 is 24.6 Å². The van der Waals surface area contributed by atoms with E-state index >= 15 is 0 Å². The van der Waals surface area contributed by atoms with Gasteiger partial charge in [0.2, 0.25) is 0 Å². The molecule has 0 atom stereocenters. The van der Waals surface area contributed by atoms with Crippen LogP contribution in [0.2, 0.25) is 0 Å². The van der Waals surface area contributed by atoms with E-state index in [4.69, 9.17) is 9.26 Å². The van der Waals surface area contributed by atoms with Gasteiger partial charge >= 0.3 is 0 Å². The molecule has 146 valence electrons. The number of ether oxygens (including phenoxy) is 1. The molecule has 0 bridgehead atoms. The molecular weight excluding hydrogens is 353 g/mol. The maximum atomic E-state index is 13.7. The minimum absolute atomic E-state index is 0.0411. The van der Waals surface area contributed by atoms with E-state index in [9.17, 15) is 14.3 Å². The summed E-state index contributed by atoms with van der Waals surface area (Å²) < 4.78 is 24.2. The molecule has 0 unspecified atom stereocenters. The van der Waals surface area contributed by atoms with Crippen molar-refractivity contribution < 1.29 is 23.6 Å². The summed E-state index contributed by atoms with van der Waals surface area (Å²) in [5, 5.41) is 16.5. The Bertz CT molecular complexity index is 825. The zero-order valence-electron chi connectivity index (χ0n) is 15.7. The number of halogens is 1. The summed E-state index contributed by atoms with van der Waals surface area (Å²) in [4.78, 5) is 14.6. The van der Waals surface area contributed by atoms with E-state index in [0.29, 0.717) is 17.9 Å². The molecule has 1 amide bonds. The highest BCUT2D eigenvalue weighted by Crippen LogP contribution is 2.40. The molecule has 0 radical (unpaired) electrons. The number of benzene rings is 1. The third kappa shape index (κ3) is 3.62. The molecule has 0 saturated heterocycles. The minimum atomic E-state index is -0.505. The molecule has 2 N–H and O–H groups in total. The fraction of sp³-hybridized carbons (Fsp3) is 0.474. The van der Waals surface area contributed by atoms with Crippen molar-refractivity contribution in [1.29, 1.82) is 0 Å². The summed E-state index contributed by atoms with van der Waals surface area (Å²) in [5.41, 5.74) is 0.505. The second-order valence-corrected chi connectivity index (χ2v) is 7.15. The number of rotatable bonds is 7. The third-order valence-electron chi connectivity index (χ3n) is 5.11. The molecule has 1 aliphatic rings. The van der Waals surface area contributed by atoms with Crippen LogP contribution >= 0.6 is 0 Å². The molecule has 1 aliphatic carbocycles. The number of aromatic nitrogens is 1. The average Bonchev–Trinajstić information content (AvgIpc) is 3.07. The van der Waals surface area contributed by atoms with Gasteiger partial charge in [0.15, 0.2) is 23.1 Å². The van der Waals surface area contributed by atoms with Gasteiger partial charge in [-0.2, -0.15) is 0 Å². The number of amides is 1. The lowest BCUT2D eigenvalue weighted by Crippen LogP contribution is -2.44. The molecular formula is C19H24FN3O4. The summed E-state index contributed by atoms with van der Waals surface area (Å²) in [6.45, 7) is 0.423. The summed E-state index contributed by atoms with van der Waals surface area (Å²) in [6, 6.07) is 4.23. The van der Waals surface area contributed by atoms with Crippen molar-refractivity contribution in [3.05, 3.63) is 29.6 Å². The quantitative estimate of drug-likeness (QED) is 0.771. The second-order valence-electron chi connectivity index (χ2n) is 7.15. The van der Waals surface area contributed by atoms with Crippen LogP contribution in [0.1, 0.15) is 29.6 Å². The van der Waals surface area contributed by atoms with Gasteiger partial charge in [0, 0.05) is 31.6 Å². The monoisotopic (exact) mass is 377 g/mol. The van der Waals surface area contributed by atoms with Gasteiger partial charge in [0.05, 0.1) is 13.7 Å². The van der Waals surface area contributed by atoms with Crippen LogP contribution in [0, 0.1) is 11.2 Å². The predicted octanol–water partition coefficient (Wildman–Crippen LogP) is 2.45.